The Morgan fingerprint density at radius 2 is 1.90 bits per heavy atom. The Morgan fingerprint density at radius 1 is 1.24 bits per heavy atom. The van der Waals surface area contributed by atoms with Crippen LogP contribution in [0.3, 0.4) is 0 Å². The summed E-state index contributed by atoms with van der Waals surface area (Å²) < 4.78 is 0. The van der Waals surface area contributed by atoms with Crippen LogP contribution < -0.4 is 10.6 Å². The first-order valence-electron chi connectivity index (χ1n) is 7.93. The highest BCUT2D eigenvalue weighted by Crippen LogP contribution is 2.31. The molecule has 1 aromatic rings. The Kier molecular flexibility index (Phi) is 7.65. The van der Waals surface area contributed by atoms with Crippen LogP contribution in [-0.2, 0) is 0 Å². The van der Waals surface area contributed by atoms with Gasteiger partial charge < -0.3 is 10.6 Å². The first kappa shape index (κ1) is 17.9. The van der Waals surface area contributed by atoms with Crippen molar-refractivity contribution < 1.29 is 0 Å². The monoisotopic (exact) mass is 307 g/mol. The molecule has 3 nitrogen and oxygen atoms in total. The fourth-order valence-electron chi connectivity index (χ4n) is 2.59. The lowest BCUT2D eigenvalue weighted by molar-refractivity contribution is 0.486. The van der Waals surface area contributed by atoms with E-state index in [1.807, 2.05) is 0 Å². The standard InChI is InChI=1S/C17H29N3S/c1-5-13(6-2)12-20(7-3)14-10-9-11-15(21-8-4)16(14)17(18)19/h9-11,13H,5-8,12H2,1-4H3,(H3,18,19). The number of nitrogen functional groups attached to an aromatic ring is 1. The van der Waals surface area contributed by atoms with Gasteiger partial charge in [0.2, 0.25) is 0 Å². The number of benzene rings is 1. The molecular weight excluding hydrogens is 278 g/mol. The average molecular weight is 308 g/mol. The second-order valence-electron chi connectivity index (χ2n) is 5.22. The second kappa shape index (κ2) is 8.98. The van der Waals surface area contributed by atoms with Crippen molar-refractivity contribution in [2.45, 2.75) is 45.4 Å². The number of rotatable bonds is 9. The fraction of sp³-hybridized carbons (Fsp3) is 0.588. The molecule has 0 aliphatic carbocycles. The molecule has 4 heteroatoms. The fourth-order valence-corrected chi connectivity index (χ4v) is 3.43. The average Bonchev–Trinajstić information content (AvgIpc) is 2.48. The quantitative estimate of drug-likeness (QED) is 0.405. The van der Waals surface area contributed by atoms with Crippen LogP contribution in [-0.4, -0.2) is 24.7 Å². The Balaban J connectivity index is 3.19. The molecule has 21 heavy (non-hydrogen) atoms. The molecule has 0 fully saturated rings. The van der Waals surface area contributed by atoms with Gasteiger partial charge in [0.15, 0.2) is 0 Å². The lowest BCUT2D eigenvalue weighted by Crippen LogP contribution is -2.31. The number of hydrogen-bond donors (Lipinski definition) is 2. The van der Waals surface area contributed by atoms with Gasteiger partial charge in [-0.2, -0.15) is 0 Å². The third kappa shape index (κ3) is 4.67. The minimum absolute atomic E-state index is 0.171. The van der Waals surface area contributed by atoms with E-state index in [9.17, 15) is 0 Å². The predicted molar refractivity (Wildman–Crippen MR) is 95.8 cm³/mol. The molecule has 0 spiro atoms. The summed E-state index contributed by atoms with van der Waals surface area (Å²) in [7, 11) is 0. The van der Waals surface area contributed by atoms with Crippen molar-refractivity contribution in [1.82, 2.24) is 0 Å². The molecule has 3 N–H and O–H groups in total. The number of nitrogens with two attached hydrogens (primary N) is 1. The van der Waals surface area contributed by atoms with Crippen molar-refractivity contribution >= 4 is 23.3 Å². The maximum atomic E-state index is 7.97. The Bertz CT molecular complexity index is 455. The van der Waals surface area contributed by atoms with Gasteiger partial charge in [-0.15, -0.1) is 11.8 Å². The molecule has 1 rings (SSSR count). The van der Waals surface area contributed by atoms with Crippen LogP contribution in [0.15, 0.2) is 23.1 Å². The molecule has 0 amide bonds. The van der Waals surface area contributed by atoms with Crippen molar-refractivity contribution in [1.29, 1.82) is 5.41 Å². The number of thioether (sulfide) groups is 1. The summed E-state index contributed by atoms with van der Waals surface area (Å²) in [6, 6.07) is 6.25. The third-order valence-corrected chi connectivity index (χ3v) is 4.87. The van der Waals surface area contributed by atoms with Crippen LogP contribution in [0.2, 0.25) is 0 Å². The molecule has 0 atom stereocenters. The molecule has 1 aromatic carbocycles. The van der Waals surface area contributed by atoms with Crippen LogP contribution in [0.4, 0.5) is 5.69 Å². The summed E-state index contributed by atoms with van der Waals surface area (Å²) in [4.78, 5) is 3.49. The highest BCUT2D eigenvalue weighted by molar-refractivity contribution is 7.99. The molecule has 0 aromatic heterocycles. The summed E-state index contributed by atoms with van der Waals surface area (Å²) in [5.74, 6) is 1.85. The molecule has 0 aliphatic heterocycles. The molecule has 0 saturated carbocycles. The summed E-state index contributed by atoms with van der Waals surface area (Å²) in [5, 5.41) is 7.97. The molecular formula is C17H29N3S. The maximum Gasteiger partial charge on any atom is 0.126 e. The largest absolute Gasteiger partial charge is 0.384 e. The Labute approximate surface area is 133 Å². The van der Waals surface area contributed by atoms with Crippen LogP contribution in [0.1, 0.15) is 46.1 Å². The van der Waals surface area contributed by atoms with Gasteiger partial charge in [-0.3, -0.25) is 5.41 Å². The van der Waals surface area contributed by atoms with Gasteiger partial charge in [-0.25, -0.2) is 0 Å². The predicted octanol–water partition coefficient (Wildman–Crippen LogP) is 4.35. The Hall–Kier alpha value is -1.16. The van der Waals surface area contributed by atoms with E-state index < -0.39 is 0 Å². The SMILES string of the molecule is CCSc1cccc(N(CC)CC(CC)CC)c1C(=N)N. The Morgan fingerprint density at radius 3 is 2.38 bits per heavy atom. The van der Waals surface area contributed by atoms with Crippen molar-refractivity contribution in [3.63, 3.8) is 0 Å². The number of amidine groups is 1. The van der Waals surface area contributed by atoms with Gasteiger partial charge in [0, 0.05) is 23.7 Å². The number of nitrogens with one attached hydrogen (secondary N) is 1. The summed E-state index contributed by atoms with van der Waals surface area (Å²) in [5.41, 5.74) is 7.88. The van der Waals surface area contributed by atoms with Gasteiger partial charge in [0.25, 0.3) is 0 Å². The molecule has 0 radical (unpaired) electrons. The van der Waals surface area contributed by atoms with E-state index in [1.165, 1.54) is 12.8 Å². The minimum atomic E-state index is 0.171. The first-order chi connectivity index (χ1) is 10.1. The van der Waals surface area contributed by atoms with E-state index in [4.69, 9.17) is 11.1 Å². The van der Waals surface area contributed by atoms with Crippen LogP contribution in [0.5, 0.6) is 0 Å². The molecule has 0 saturated heterocycles. The summed E-state index contributed by atoms with van der Waals surface area (Å²) in [6.45, 7) is 10.8. The van der Waals surface area contributed by atoms with E-state index in [0.717, 1.165) is 35.0 Å². The first-order valence-corrected chi connectivity index (χ1v) is 8.92. The molecule has 0 heterocycles. The van der Waals surface area contributed by atoms with Crippen LogP contribution >= 0.6 is 11.8 Å². The van der Waals surface area contributed by atoms with Crippen molar-refractivity contribution in [3.05, 3.63) is 23.8 Å². The van der Waals surface area contributed by atoms with E-state index >= 15 is 0 Å². The summed E-state index contributed by atoms with van der Waals surface area (Å²) >= 11 is 1.76. The number of nitrogens with zero attached hydrogens (tertiary/aromatic N) is 1. The third-order valence-electron chi connectivity index (χ3n) is 3.93. The molecule has 0 bridgehead atoms. The molecule has 0 aliphatic rings. The molecule has 0 unspecified atom stereocenters. The smallest absolute Gasteiger partial charge is 0.126 e. The van der Waals surface area contributed by atoms with E-state index in [0.29, 0.717) is 5.92 Å². The maximum absolute atomic E-state index is 7.97. The highest BCUT2D eigenvalue weighted by atomic mass is 32.2. The van der Waals surface area contributed by atoms with E-state index in [2.05, 4.69) is 50.8 Å². The van der Waals surface area contributed by atoms with Crippen LogP contribution in [0.25, 0.3) is 0 Å². The topological polar surface area (TPSA) is 53.1 Å². The van der Waals surface area contributed by atoms with Gasteiger partial charge in [0.05, 0.1) is 5.56 Å². The number of anilines is 1. The van der Waals surface area contributed by atoms with Crippen molar-refractivity contribution in [3.8, 4) is 0 Å². The lowest BCUT2D eigenvalue weighted by atomic mass is 10.0. The van der Waals surface area contributed by atoms with Crippen molar-refractivity contribution in [2.75, 3.05) is 23.7 Å². The lowest BCUT2D eigenvalue weighted by Gasteiger charge is -2.30. The van der Waals surface area contributed by atoms with E-state index in [1.54, 1.807) is 11.8 Å². The van der Waals surface area contributed by atoms with Crippen LogP contribution in [0, 0.1) is 11.3 Å². The second-order valence-corrected chi connectivity index (χ2v) is 6.52. The van der Waals surface area contributed by atoms with Gasteiger partial charge in [0.1, 0.15) is 5.84 Å². The zero-order valence-corrected chi connectivity index (χ0v) is 14.6. The molecule has 118 valence electrons. The highest BCUT2D eigenvalue weighted by Gasteiger charge is 2.18. The van der Waals surface area contributed by atoms with Crippen molar-refractivity contribution in [2.24, 2.45) is 11.7 Å². The van der Waals surface area contributed by atoms with E-state index in [-0.39, 0.29) is 5.84 Å². The summed E-state index contributed by atoms with van der Waals surface area (Å²) in [6.07, 6.45) is 2.37. The van der Waals surface area contributed by atoms with Gasteiger partial charge in [-0.1, -0.05) is 39.7 Å². The van der Waals surface area contributed by atoms with Gasteiger partial charge >= 0.3 is 0 Å². The minimum Gasteiger partial charge on any atom is -0.384 e. The van der Waals surface area contributed by atoms with Gasteiger partial charge in [-0.05, 0) is 30.7 Å². The zero-order valence-electron chi connectivity index (χ0n) is 13.8. The number of hydrogen-bond acceptors (Lipinski definition) is 3. The zero-order chi connectivity index (χ0) is 15.8. The normalized spacial score (nSPS) is 10.9.